The lowest BCUT2D eigenvalue weighted by molar-refractivity contribution is 0.120. The molecule has 0 radical (unpaired) electrons. The maximum absolute atomic E-state index is 12.4. The molecule has 1 aromatic carbocycles. The predicted molar refractivity (Wildman–Crippen MR) is 94.7 cm³/mol. The van der Waals surface area contributed by atoms with Crippen molar-refractivity contribution in [3.63, 3.8) is 0 Å². The van der Waals surface area contributed by atoms with Gasteiger partial charge in [0.25, 0.3) is 0 Å². The highest BCUT2D eigenvalue weighted by molar-refractivity contribution is 6.30. The number of benzene rings is 1. The van der Waals surface area contributed by atoms with Crippen LogP contribution in [0.1, 0.15) is 12.5 Å². The fraction of sp³-hybridized carbons (Fsp3) is 0.375. The number of hydrazone groups is 1. The molecule has 124 valence electrons. The summed E-state index contributed by atoms with van der Waals surface area (Å²) in [6, 6.07) is 7.64. The Morgan fingerprint density at radius 2 is 2.09 bits per heavy atom. The highest BCUT2D eigenvalue weighted by Gasteiger charge is 2.24. The molecule has 0 aliphatic carbocycles. The molecule has 1 fully saturated rings. The molecule has 0 unspecified atom stereocenters. The topological polar surface area (TPSA) is 39.2 Å². The van der Waals surface area contributed by atoms with Crippen molar-refractivity contribution in [1.82, 2.24) is 14.8 Å². The van der Waals surface area contributed by atoms with E-state index in [0.717, 1.165) is 24.7 Å². The minimum absolute atomic E-state index is 0.206. The first kappa shape index (κ1) is 17.8. The van der Waals surface area contributed by atoms with E-state index in [-0.39, 0.29) is 6.03 Å². The molecule has 1 saturated heterocycles. The molecular weight excluding hydrogens is 335 g/mol. The zero-order valence-electron chi connectivity index (χ0n) is 13.1. The third-order valence-corrected chi connectivity index (χ3v) is 3.92. The van der Waals surface area contributed by atoms with Gasteiger partial charge >= 0.3 is 6.03 Å². The minimum Gasteiger partial charge on any atom is -0.320 e. The normalized spacial score (nSPS) is 16.3. The van der Waals surface area contributed by atoms with Gasteiger partial charge in [-0.3, -0.25) is 4.90 Å². The molecule has 2 amide bonds. The van der Waals surface area contributed by atoms with Gasteiger partial charge < -0.3 is 4.90 Å². The molecule has 1 aliphatic rings. The van der Waals surface area contributed by atoms with E-state index in [1.54, 1.807) is 11.8 Å². The first-order chi connectivity index (χ1) is 11.0. The Bertz CT molecular complexity index is 593. The number of carbonyl (C=O) groups is 1. The van der Waals surface area contributed by atoms with E-state index in [1.807, 2.05) is 18.2 Å². The minimum atomic E-state index is -0.206. The number of hydrogen-bond acceptors (Lipinski definition) is 3. The first-order valence-electron chi connectivity index (χ1n) is 7.35. The van der Waals surface area contributed by atoms with Crippen LogP contribution in [-0.4, -0.2) is 53.7 Å². The zero-order chi connectivity index (χ0) is 16.8. The number of urea groups is 1. The Labute approximate surface area is 146 Å². The molecule has 1 aliphatic heterocycles. The largest absolute Gasteiger partial charge is 0.344 e. The number of piperazine rings is 1. The Kier molecular flexibility index (Phi) is 6.45. The summed E-state index contributed by atoms with van der Waals surface area (Å²) in [6.07, 6.45) is 1.47. The standard InChI is InChI=1S/C16H20Cl2N4O/c1-13(17)11-22(19-2)16(23)21-8-6-20(7-9-21)12-14-4-3-5-15(18)10-14/h3-5,10-11H,2,6-9,12H2,1H3/b13-11+. The fourth-order valence-corrected chi connectivity index (χ4v) is 2.77. The maximum Gasteiger partial charge on any atom is 0.344 e. The van der Waals surface area contributed by atoms with Crippen molar-refractivity contribution < 1.29 is 4.79 Å². The van der Waals surface area contributed by atoms with E-state index >= 15 is 0 Å². The first-order valence-corrected chi connectivity index (χ1v) is 8.10. The summed E-state index contributed by atoms with van der Waals surface area (Å²) in [5, 5.41) is 6.10. The van der Waals surface area contributed by atoms with Gasteiger partial charge in [-0.15, -0.1) is 0 Å². The van der Waals surface area contributed by atoms with Gasteiger partial charge in [0.1, 0.15) is 0 Å². The van der Waals surface area contributed by atoms with Crippen molar-refractivity contribution in [3.05, 3.63) is 46.1 Å². The second-order valence-corrected chi connectivity index (χ2v) is 6.41. The van der Waals surface area contributed by atoms with Crippen LogP contribution in [0.2, 0.25) is 5.02 Å². The molecule has 1 aromatic rings. The van der Waals surface area contributed by atoms with Gasteiger partial charge in [-0.1, -0.05) is 35.3 Å². The number of carbonyl (C=O) groups excluding carboxylic acids is 1. The lowest BCUT2D eigenvalue weighted by atomic mass is 10.2. The second-order valence-electron chi connectivity index (χ2n) is 5.38. The van der Waals surface area contributed by atoms with Crippen molar-refractivity contribution in [3.8, 4) is 0 Å². The van der Waals surface area contributed by atoms with E-state index in [2.05, 4.69) is 22.8 Å². The van der Waals surface area contributed by atoms with Crippen molar-refractivity contribution in [1.29, 1.82) is 0 Å². The van der Waals surface area contributed by atoms with Gasteiger partial charge in [-0.2, -0.15) is 10.1 Å². The molecule has 0 N–H and O–H groups in total. The third kappa shape index (κ3) is 5.23. The van der Waals surface area contributed by atoms with E-state index in [0.29, 0.717) is 18.1 Å². The average molecular weight is 355 g/mol. The van der Waals surface area contributed by atoms with Gasteiger partial charge in [-0.25, -0.2) is 4.79 Å². The van der Waals surface area contributed by atoms with Crippen LogP contribution in [0.5, 0.6) is 0 Å². The Hall–Kier alpha value is -1.56. The molecule has 5 nitrogen and oxygen atoms in total. The molecule has 0 spiro atoms. The second kappa shape index (κ2) is 8.34. The summed E-state index contributed by atoms with van der Waals surface area (Å²) in [7, 11) is 0. The molecule has 0 bridgehead atoms. The van der Waals surface area contributed by atoms with Gasteiger partial charge in [0.15, 0.2) is 0 Å². The van der Waals surface area contributed by atoms with Crippen LogP contribution >= 0.6 is 23.2 Å². The molecule has 23 heavy (non-hydrogen) atoms. The Balaban J connectivity index is 1.89. The monoisotopic (exact) mass is 354 g/mol. The number of amides is 2. The summed E-state index contributed by atoms with van der Waals surface area (Å²) >= 11 is 11.8. The summed E-state index contributed by atoms with van der Waals surface area (Å²) in [5.74, 6) is 0. The third-order valence-electron chi connectivity index (χ3n) is 3.59. The van der Waals surface area contributed by atoms with Gasteiger partial charge in [0.2, 0.25) is 0 Å². The van der Waals surface area contributed by atoms with Crippen LogP contribution in [0.4, 0.5) is 4.79 Å². The maximum atomic E-state index is 12.4. The van der Waals surface area contributed by atoms with Gasteiger partial charge in [-0.05, 0) is 24.6 Å². The molecule has 0 saturated carbocycles. The quantitative estimate of drug-likeness (QED) is 0.612. The summed E-state index contributed by atoms with van der Waals surface area (Å²) in [4.78, 5) is 16.4. The number of rotatable bonds is 4. The number of halogens is 2. The van der Waals surface area contributed by atoms with Crippen molar-refractivity contribution in [2.75, 3.05) is 26.2 Å². The van der Waals surface area contributed by atoms with Crippen molar-refractivity contribution >= 4 is 36.0 Å². The van der Waals surface area contributed by atoms with E-state index < -0.39 is 0 Å². The predicted octanol–water partition coefficient (Wildman–Crippen LogP) is 3.60. The van der Waals surface area contributed by atoms with E-state index in [9.17, 15) is 4.79 Å². The van der Waals surface area contributed by atoms with Crippen molar-refractivity contribution in [2.45, 2.75) is 13.5 Å². The molecule has 7 heteroatoms. The number of nitrogens with zero attached hydrogens (tertiary/aromatic N) is 4. The summed E-state index contributed by atoms with van der Waals surface area (Å²) in [5.41, 5.74) is 1.17. The lowest BCUT2D eigenvalue weighted by Gasteiger charge is -2.35. The molecular formula is C16H20Cl2N4O. The SMILES string of the molecule is C=NN(/C=C(\C)Cl)C(=O)N1CCN(Cc2cccc(Cl)c2)CC1. The van der Waals surface area contributed by atoms with E-state index in [1.165, 1.54) is 16.8 Å². The Morgan fingerprint density at radius 1 is 1.39 bits per heavy atom. The smallest absolute Gasteiger partial charge is 0.320 e. The highest BCUT2D eigenvalue weighted by atomic mass is 35.5. The van der Waals surface area contributed by atoms with Crippen LogP contribution in [0.25, 0.3) is 0 Å². The van der Waals surface area contributed by atoms with Gasteiger partial charge in [0.05, 0.1) is 0 Å². The molecule has 1 heterocycles. The number of hydrogen-bond donors (Lipinski definition) is 0. The number of allylic oxidation sites excluding steroid dienone is 1. The van der Waals surface area contributed by atoms with Crippen LogP contribution in [0.15, 0.2) is 40.6 Å². The highest BCUT2D eigenvalue weighted by Crippen LogP contribution is 2.15. The molecule has 0 aromatic heterocycles. The van der Waals surface area contributed by atoms with Crippen LogP contribution in [0.3, 0.4) is 0 Å². The van der Waals surface area contributed by atoms with Gasteiger partial charge in [0, 0.05) is 55.7 Å². The summed E-state index contributed by atoms with van der Waals surface area (Å²) in [6.45, 7) is 8.80. The molecule has 0 atom stereocenters. The zero-order valence-corrected chi connectivity index (χ0v) is 14.6. The van der Waals surface area contributed by atoms with E-state index in [4.69, 9.17) is 23.2 Å². The Morgan fingerprint density at radius 3 is 2.65 bits per heavy atom. The lowest BCUT2D eigenvalue weighted by Crippen LogP contribution is -2.50. The fourth-order valence-electron chi connectivity index (χ4n) is 2.46. The summed E-state index contributed by atoms with van der Waals surface area (Å²) < 4.78 is 0. The van der Waals surface area contributed by atoms with Crippen LogP contribution in [0, 0.1) is 0 Å². The van der Waals surface area contributed by atoms with Crippen molar-refractivity contribution in [2.24, 2.45) is 5.10 Å². The average Bonchev–Trinajstić information content (AvgIpc) is 2.52. The van der Waals surface area contributed by atoms with Crippen LogP contribution < -0.4 is 0 Å². The molecule has 2 rings (SSSR count). The van der Waals surface area contributed by atoms with Crippen LogP contribution in [-0.2, 0) is 6.54 Å².